The van der Waals surface area contributed by atoms with Crippen LogP contribution < -0.4 is 14.9 Å². The number of hydrogen-bond acceptors (Lipinski definition) is 6. The highest BCUT2D eigenvalue weighted by Crippen LogP contribution is 2.30. The molecule has 160 valence electrons. The maximum absolute atomic E-state index is 13.5. The smallest absolute Gasteiger partial charge is 0.338 e. The highest BCUT2D eigenvalue weighted by atomic mass is 32.1. The number of aryl methyl sites for hydroxylation is 2. The van der Waals surface area contributed by atoms with Gasteiger partial charge in [-0.05, 0) is 39.3 Å². The van der Waals surface area contributed by atoms with Crippen LogP contribution in [0, 0.1) is 13.8 Å². The van der Waals surface area contributed by atoms with E-state index in [0.717, 1.165) is 22.5 Å². The first-order valence-corrected chi connectivity index (χ1v) is 10.9. The fraction of sp³-hybridized carbons (Fsp3) is 0.304. The van der Waals surface area contributed by atoms with Gasteiger partial charge in [0.25, 0.3) is 5.56 Å². The van der Waals surface area contributed by atoms with Gasteiger partial charge in [0.2, 0.25) is 0 Å². The Kier molecular flexibility index (Phi) is 5.49. The van der Waals surface area contributed by atoms with Crippen molar-refractivity contribution in [2.45, 2.75) is 33.7 Å². The van der Waals surface area contributed by atoms with E-state index >= 15 is 0 Å². The lowest BCUT2D eigenvalue weighted by Crippen LogP contribution is -2.39. The average Bonchev–Trinajstić information content (AvgIpc) is 3.17. The highest BCUT2D eigenvalue weighted by molar-refractivity contribution is 7.07. The first kappa shape index (κ1) is 21.0. The second-order valence-electron chi connectivity index (χ2n) is 7.42. The number of rotatable bonds is 4. The third kappa shape index (κ3) is 3.57. The largest absolute Gasteiger partial charge is 0.463 e. The number of thiazole rings is 1. The molecule has 4 rings (SSSR count). The number of ether oxygens (including phenoxy) is 1. The van der Waals surface area contributed by atoms with Crippen molar-refractivity contribution in [3.8, 4) is 0 Å². The topological polar surface area (TPSA) is 78.5 Å². The lowest BCUT2D eigenvalue weighted by atomic mass is 9.96. The number of fused-ring (bicyclic) bond motifs is 1. The van der Waals surface area contributed by atoms with E-state index in [2.05, 4.69) is 10.1 Å². The molecule has 3 aromatic rings. The summed E-state index contributed by atoms with van der Waals surface area (Å²) in [4.78, 5) is 31.5. The number of aromatic nitrogens is 3. The molecule has 0 saturated heterocycles. The third-order valence-corrected chi connectivity index (χ3v) is 6.46. The zero-order valence-corrected chi connectivity index (χ0v) is 19.0. The van der Waals surface area contributed by atoms with Crippen LogP contribution in [0.3, 0.4) is 0 Å². The molecular weight excluding hydrogens is 412 g/mol. The molecule has 0 amide bonds. The molecule has 0 spiro atoms. The first-order chi connectivity index (χ1) is 14.8. The second kappa shape index (κ2) is 8.11. The molecule has 0 aliphatic carbocycles. The maximum Gasteiger partial charge on any atom is 0.338 e. The Labute approximate surface area is 183 Å². The van der Waals surface area contributed by atoms with E-state index < -0.39 is 12.0 Å². The SMILES string of the molecule is CCOC(=O)C1=C(C)N=c2sc(=Cc3c(C)nn(C)c3C)c(=O)n2[C@@H]1c1ccccc1. The standard InChI is InChI=1S/C23H24N4O3S/c1-6-30-22(29)19-14(3)24-23-27(20(19)16-10-8-7-9-11-16)21(28)18(31-23)12-17-13(2)25-26(5)15(17)4/h7-12,20H,6H2,1-5H3/t20-/m1/s1. The molecule has 3 heterocycles. The molecular formula is C23H24N4O3S. The number of hydrogen-bond donors (Lipinski definition) is 0. The van der Waals surface area contributed by atoms with Crippen LogP contribution in [0.1, 0.15) is 42.4 Å². The van der Waals surface area contributed by atoms with Gasteiger partial charge in [0, 0.05) is 18.3 Å². The van der Waals surface area contributed by atoms with Crippen molar-refractivity contribution >= 4 is 23.4 Å². The number of carbonyl (C=O) groups is 1. The molecule has 0 fully saturated rings. The predicted octanol–water partition coefficient (Wildman–Crippen LogP) is 2.15. The van der Waals surface area contributed by atoms with Gasteiger partial charge in [-0.1, -0.05) is 41.7 Å². The zero-order chi connectivity index (χ0) is 22.3. The van der Waals surface area contributed by atoms with Crippen LogP contribution in [0.2, 0.25) is 0 Å². The summed E-state index contributed by atoms with van der Waals surface area (Å²) < 4.78 is 9.26. The van der Waals surface area contributed by atoms with Gasteiger partial charge < -0.3 is 4.74 Å². The van der Waals surface area contributed by atoms with Crippen molar-refractivity contribution in [2.24, 2.45) is 12.0 Å². The zero-order valence-electron chi connectivity index (χ0n) is 18.2. The third-order valence-electron chi connectivity index (χ3n) is 5.47. The van der Waals surface area contributed by atoms with E-state index in [9.17, 15) is 9.59 Å². The van der Waals surface area contributed by atoms with Gasteiger partial charge in [-0.2, -0.15) is 5.10 Å². The van der Waals surface area contributed by atoms with Gasteiger partial charge in [-0.3, -0.25) is 14.0 Å². The van der Waals surface area contributed by atoms with E-state index in [1.807, 2.05) is 57.3 Å². The van der Waals surface area contributed by atoms with Crippen molar-refractivity contribution in [3.05, 3.63) is 83.8 Å². The van der Waals surface area contributed by atoms with Gasteiger partial charge in [0.05, 0.1) is 34.1 Å². The molecule has 0 N–H and O–H groups in total. The Morgan fingerprint density at radius 1 is 1.23 bits per heavy atom. The Bertz CT molecular complexity index is 1380. The first-order valence-electron chi connectivity index (χ1n) is 10.1. The molecule has 1 aliphatic rings. The number of nitrogens with zero attached hydrogens (tertiary/aromatic N) is 4. The van der Waals surface area contributed by atoms with Crippen molar-refractivity contribution in [2.75, 3.05) is 6.61 Å². The normalized spacial score (nSPS) is 16.3. The van der Waals surface area contributed by atoms with Crippen LogP contribution in [0.4, 0.5) is 0 Å². The molecule has 8 heteroatoms. The van der Waals surface area contributed by atoms with E-state index in [0.29, 0.717) is 20.6 Å². The lowest BCUT2D eigenvalue weighted by molar-refractivity contribution is -0.139. The van der Waals surface area contributed by atoms with Gasteiger partial charge in [-0.25, -0.2) is 9.79 Å². The minimum atomic E-state index is -0.588. The molecule has 0 bridgehead atoms. The van der Waals surface area contributed by atoms with Crippen molar-refractivity contribution in [3.63, 3.8) is 0 Å². The van der Waals surface area contributed by atoms with Crippen LogP contribution in [-0.2, 0) is 16.6 Å². The van der Waals surface area contributed by atoms with E-state index in [1.54, 1.807) is 23.1 Å². The summed E-state index contributed by atoms with van der Waals surface area (Å²) in [6, 6.07) is 8.93. The van der Waals surface area contributed by atoms with Gasteiger partial charge in [0.15, 0.2) is 4.80 Å². The minimum Gasteiger partial charge on any atom is -0.463 e. The molecule has 1 atom stereocenters. The Balaban J connectivity index is 1.99. The fourth-order valence-electron chi connectivity index (χ4n) is 3.87. The van der Waals surface area contributed by atoms with Crippen LogP contribution in [0.5, 0.6) is 0 Å². The molecule has 0 unspecified atom stereocenters. The van der Waals surface area contributed by atoms with Gasteiger partial charge >= 0.3 is 5.97 Å². The predicted molar refractivity (Wildman–Crippen MR) is 120 cm³/mol. The fourth-order valence-corrected chi connectivity index (χ4v) is 4.90. The van der Waals surface area contributed by atoms with Gasteiger partial charge in [-0.15, -0.1) is 0 Å². The monoisotopic (exact) mass is 436 g/mol. The summed E-state index contributed by atoms with van der Waals surface area (Å²) in [6.07, 6.45) is 1.87. The van der Waals surface area contributed by atoms with Crippen LogP contribution >= 0.6 is 11.3 Å². The minimum absolute atomic E-state index is 0.186. The van der Waals surface area contributed by atoms with Crippen molar-refractivity contribution < 1.29 is 9.53 Å². The summed E-state index contributed by atoms with van der Waals surface area (Å²) in [6.45, 7) is 7.69. The van der Waals surface area contributed by atoms with Gasteiger partial charge in [0.1, 0.15) is 0 Å². The van der Waals surface area contributed by atoms with E-state index in [-0.39, 0.29) is 12.2 Å². The molecule has 7 nitrogen and oxygen atoms in total. The number of benzene rings is 1. The lowest BCUT2D eigenvalue weighted by Gasteiger charge is -2.24. The summed E-state index contributed by atoms with van der Waals surface area (Å²) in [5.74, 6) is -0.453. The summed E-state index contributed by atoms with van der Waals surface area (Å²) in [5.41, 5.74) is 4.36. The Morgan fingerprint density at radius 3 is 2.55 bits per heavy atom. The molecule has 0 radical (unpaired) electrons. The summed E-state index contributed by atoms with van der Waals surface area (Å²) in [7, 11) is 1.88. The molecule has 0 saturated carbocycles. The number of carbonyl (C=O) groups excluding carboxylic acids is 1. The maximum atomic E-state index is 13.5. The second-order valence-corrected chi connectivity index (χ2v) is 8.43. The van der Waals surface area contributed by atoms with Crippen molar-refractivity contribution in [1.29, 1.82) is 0 Å². The summed E-state index contributed by atoms with van der Waals surface area (Å²) >= 11 is 1.32. The molecule has 2 aromatic heterocycles. The van der Waals surface area contributed by atoms with Crippen LogP contribution in [-0.4, -0.2) is 26.9 Å². The van der Waals surface area contributed by atoms with Crippen LogP contribution in [0.15, 0.2) is 51.4 Å². The average molecular weight is 437 g/mol. The molecule has 1 aromatic carbocycles. The summed E-state index contributed by atoms with van der Waals surface area (Å²) in [5, 5.41) is 4.44. The highest BCUT2D eigenvalue weighted by Gasteiger charge is 2.33. The number of esters is 1. The van der Waals surface area contributed by atoms with Crippen molar-refractivity contribution in [1.82, 2.24) is 14.3 Å². The molecule has 31 heavy (non-hydrogen) atoms. The van der Waals surface area contributed by atoms with E-state index in [4.69, 9.17) is 4.74 Å². The van der Waals surface area contributed by atoms with E-state index in [1.165, 1.54) is 11.3 Å². The number of allylic oxidation sites excluding steroid dienone is 1. The Hall–Kier alpha value is -3.26. The Morgan fingerprint density at radius 2 is 1.94 bits per heavy atom. The quantitative estimate of drug-likeness (QED) is 0.587. The molecule has 1 aliphatic heterocycles. The van der Waals surface area contributed by atoms with Crippen LogP contribution in [0.25, 0.3) is 6.08 Å².